The quantitative estimate of drug-likeness (QED) is 0.643. The highest BCUT2D eigenvalue weighted by molar-refractivity contribution is 5.91. The van der Waals surface area contributed by atoms with Crippen LogP contribution in [0.4, 0.5) is 13.2 Å². The van der Waals surface area contributed by atoms with Gasteiger partial charge in [0.2, 0.25) is 5.91 Å². The van der Waals surface area contributed by atoms with E-state index in [-0.39, 0.29) is 13.1 Å². The molecular weight excluding hydrogens is 285 g/mol. The highest BCUT2D eigenvalue weighted by Crippen LogP contribution is 2.13. The minimum Gasteiger partial charge on any atom is -0.351 e. The summed E-state index contributed by atoms with van der Waals surface area (Å²) in [5.74, 6) is -2.47. The Kier molecular flexibility index (Phi) is 5.95. The molecule has 114 valence electrons. The zero-order valence-corrected chi connectivity index (χ0v) is 11.3. The second kappa shape index (κ2) is 7.47. The first-order valence-corrected chi connectivity index (χ1v) is 6.16. The molecule has 1 rings (SSSR count). The molecule has 0 aliphatic heterocycles. The van der Waals surface area contributed by atoms with Crippen LogP contribution in [0.3, 0.4) is 0 Å². The lowest BCUT2D eigenvalue weighted by molar-refractivity contribution is -0.173. The van der Waals surface area contributed by atoms with Crippen LogP contribution in [0.15, 0.2) is 30.3 Å². The first-order valence-electron chi connectivity index (χ1n) is 6.16. The third-order valence-electron chi connectivity index (χ3n) is 2.44. The summed E-state index contributed by atoms with van der Waals surface area (Å²) in [6, 6.07) is 7.47. The van der Waals surface area contributed by atoms with Crippen molar-refractivity contribution in [2.24, 2.45) is 0 Å². The summed E-state index contributed by atoms with van der Waals surface area (Å²) in [5.41, 5.74) is 1.89. The lowest BCUT2D eigenvalue weighted by Crippen LogP contribution is -2.40. The average Bonchev–Trinajstić information content (AvgIpc) is 2.40. The largest absolute Gasteiger partial charge is 0.471 e. The van der Waals surface area contributed by atoms with Crippen molar-refractivity contribution in [3.8, 4) is 0 Å². The third-order valence-corrected chi connectivity index (χ3v) is 2.44. The van der Waals surface area contributed by atoms with Crippen LogP contribution >= 0.6 is 0 Å². The second-order valence-electron chi connectivity index (χ2n) is 4.29. The van der Waals surface area contributed by atoms with Gasteiger partial charge in [0.25, 0.3) is 0 Å². The van der Waals surface area contributed by atoms with Gasteiger partial charge >= 0.3 is 12.1 Å². The molecular formula is C14H15F3N2O2. The van der Waals surface area contributed by atoms with E-state index in [1.54, 1.807) is 11.4 Å². The number of carbonyl (C=O) groups excluding carboxylic acids is 2. The second-order valence-corrected chi connectivity index (χ2v) is 4.29. The summed E-state index contributed by atoms with van der Waals surface area (Å²) in [6.07, 6.45) is -2.04. The van der Waals surface area contributed by atoms with Crippen LogP contribution in [0.25, 0.3) is 6.08 Å². The topological polar surface area (TPSA) is 58.2 Å². The predicted octanol–water partition coefficient (Wildman–Crippen LogP) is 1.80. The van der Waals surface area contributed by atoms with Crippen molar-refractivity contribution in [2.45, 2.75) is 13.1 Å². The normalized spacial score (nSPS) is 11.4. The van der Waals surface area contributed by atoms with Crippen molar-refractivity contribution in [3.63, 3.8) is 0 Å². The lowest BCUT2D eigenvalue weighted by Gasteiger charge is -2.07. The van der Waals surface area contributed by atoms with Crippen LogP contribution in [0, 0.1) is 6.92 Å². The van der Waals surface area contributed by atoms with Crippen LogP contribution in [0.2, 0.25) is 0 Å². The predicted molar refractivity (Wildman–Crippen MR) is 72.3 cm³/mol. The monoisotopic (exact) mass is 300 g/mol. The van der Waals surface area contributed by atoms with Crippen LogP contribution in [0.1, 0.15) is 11.1 Å². The summed E-state index contributed by atoms with van der Waals surface area (Å²) in [5, 5.41) is 4.02. The highest BCUT2D eigenvalue weighted by atomic mass is 19.4. The molecule has 0 aliphatic carbocycles. The third kappa shape index (κ3) is 6.60. The van der Waals surface area contributed by atoms with Gasteiger partial charge in [0.05, 0.1) is 0 Å². The molecule has 0 aromatic heterocycles. The molecule has 7 heteroatoms. The van der Waals surface area contributed by atoms with E-state index in [1.807, 2.05) is 31.2 Å². The van der Waals surface area contributed by atoms with Gasteiger partial charge in [-0.05, 0) is 18.6 Å². The number of alkyl halides is 3. The Morgan fingerprint density at radius 2 is 1.86 bits per heavy atom. The van der Waals surface area contributed by atoms with Gasteiger partial charge in [-0.1, -0.05) is 29.8 Å². The molecule has 4 nitrogen and oxygen atoms in total. The molecule has 2 N–H and O–H groups in total. The summed E-state index contributed by atoms with van der Waals surface area (Å²) in [4.78, 5) is 21.9. The lowest BCUT2D eigenvalue weighted by atomic mass is 10.1. The van der Waals surface area contributed by atoms with Crippen molar-refractivity contribution >= 4 is 17.9 Å². The summed E-state index contributed by atoms with van der Waals surface area (Å²) >= 11 is 0. The average molecular weight is 300 g/mol. The fourth-order valence-electron chi connectivity index (χ4n) is 1.47. The van der Waals surface area contributed by atoms with Crippen LogP contribution in [0.5, 0.6) is 0 Å². The van der Waals surface area contributed by atoms with E-state index in [9.17, 15) is 22.8 Å². The van der Waals surface area contributed by atoms with Crippen molar-refractivity contribution in [1.82, 2.24) is 10.6 Å². The summed E-state index contributed by atoms with van der Waals surface area (Å²) in [6.45, 7) is 1.54. The fraction of sp³-hybridized carbons (Fsp3) is 0.286. The van der Waals surface area contributed by atoms with Gasteiger partial charge < -0.3 is 10.6 Å². The number of amides is 2. The van der Waals surface area contributed by atoms with E-state index in [4.69, 9.17) is 0 Å². The molecule has 2 amide bonds. The first-order chi connectivity index (χ1) is 9.79. The number of carbonyl (C=O) groups is 2. The number of rotatable bonds is 5. The van der Waals surface area contributed by atoms with Gasteiger partial charge in [0.1, 0.15) is 0 Å². The Labute approximate surface area is 120 Å². The van der Waals surface area contributed by atoms with Gasteiger partial charge in [-0.15, -0.1) is 0 Å². The van der Waals surface area contributed by atoms with E-state index in [0.29, 0.717) is 0 Å². The molecule has 0 radical (unpaired) electrons. The molecule has 0 saturated carbocycles. The zero-order valence-electron chi connectivity index (χ0n) is 11.3. The van der Waals surface area contributed by atoms with E-state index in [0.717, 1.165) is 11.1 Å². The SMILES string of the molecule is Cc1cccc(/C=C/C(=O)NCCNC(=O)C(F)(F)F)c1. The fourth-order valence-corrected chi connectivity index (χ4v) is 1.47. The number of benzene rings is 1. The molecule has 1 aromatic carbocycles. The van der Waals surface area contributed by atoms with Gasteiger partial charge in [0, 0.05) is 19.2 Å². The number of nitrogens with one attached hydrogen (secondary N) is 2. The van der Waals surface area contributed by atoms with Crippen LogP contribution < -0.4 is 10.6 Å². The summed E-state index contributed by atoms with van der Waals surface area (Å²) in [7, 11) is 0. The van der Waals surface area contributed by atoms with Gasteiger partial charge in [-0.3, -0.25) is 9.59 Å². The van der Waals surface area contributed by atoms with Gasteiger partial charge in [-0.25, -0.2) is 0 Å². The molecule has 0 atom stereocenters. The maximum absolute atomic E-state index is 11.9. The number of aryl methyl sites for hydroxylation is 1. The van der Waals surface area contributed by atoms with Crippen molar-refractivity contribution < 1.29 is 22.8 Å². The van der Waals surface area contributed by atoms with Gasteiger partial charge in [-0.2, -0.15) is 13.2 Å². The van der Waals surface area contributed by atoms with E-state index < -0.39 is 18.0 Å². The minimum absolute atomic E-state index is 0.0845. The highest BCUT2D eigenvalue weighted by Gasteiger charge is 2.38. The molecule has 0 bridgehead atoms. The van der Waals surface area contributed by atoms with E-state index in [1.165, 1.54) is 6.08 Å². The molecule has 0 unspecified atom stereocenters. The minimum atomic E-state index is -4.91. The Hall–Kier alpha value is -2.31. The molecule has 0 fully saturated rings. The van der Waals surface area contributed by atoms with Crippen molar-refractivity contribution in [1.29, 1.82) is 0 Å². The number of hydrogen-bond acceptors (Lipinski definition) is 2. The Bertz CT molecular complexity index is 539. The zero-order chi connectivity index (χ0) is 15.9. The smallest absolute Gasteiger partial charge is 0.351 e. The number of halogens is 3. The summed E-state index contributed by atoms with van der Waals surface area (Å²) < 4.78 is 35.6. The van der Waals surface area contributed by atoms with Gasteiger partial charge in [0.15, 0.2) is 0 Å². The van der Waals surface area contributed by atoms with E-state index >= 15 is 0 Å². The molecule has 0 spiro atoms. The molecule has 21 heavy (non-hydrogen) atoms. The first kappa shape index (κ1) is 16.7. The molecule has 1 aromatic rings. The van der Waals surface area contributed by atoms with Crippen molar-refractivity contribution in [2.75, 3.05) is 13.1 Å². The molecule has 0 aliphatic rings. The molecule has 0 saturated heterocycles. The maximum atomic E-state index is 11.9. The van der Waals surface area contributed by atoms with Crippen molar-refractivity contribution in [3.05, 3.63) is 41.5 Å². The van der Waals surface area contributed by atoms with E-state index in [2.05, 4.69) is 5.32 Å². The van der Waals surface area contributed by atoms with Crippen LogP contribution in [-0.2, 0) is 9.59 Å². The maximum Gasteiger partial charge on any atom is 0.471 e. The molecule has 0 heterocycles. The Morgan fingerprint density at radius 1 is 1.19 bits per heavy atom. The Balaban J connectivity index is 2.30. The Morgan fingerprint density at radius 3 is 2.48 bits per heavy atom. The number of hydrogen-bond donors (Lipinski definition) is 2. The van der Waals surface area contributed by atoms with Crippen LogP contribution in [-0.4, -0.2) is 31.1 Å². The standard InChI is InChI=1S/C14H15F3N2O2/c1-10-3-2-4-11(9-10)5-6-12(20)18-7-8-19-13(21)14(15,16)17/h2-6,9H,7-8H2,1H3,(H,18,20)(H,19,21)/b6-5+.